The van der Waals surface area contributed by atoms with Crippen LogP contribution in [0.5, 0.6) is 0 Å². The highest BCUT2D eigenvalue weighted by Crippen LogP contribution is 2.41. The number of pyridine rings is 4. The van der Waals surface area contributed by atoms with Crippen LogP contribution >= 0.6 is 83.7 Å². The summed E-state index contributed by atoms with van der Waals surface area (Å²) in [5.41, 5.74) is 25.0. The summed E-state index contributed by atoms with van der Waals surface area (Å²) in [5.74, 6) is 4.79. The van der Waals surface area contributed by atoms with Crippen LogP contribution in [-0.4, -0.2) is 220 Å². The van der Waals surface area contributed by atoms with E-state index >= 15 is 0 Å². The third kappa shape index (κ3) is 23.8. The Hall–Kier alpha value is -11.2. The van der Waals surface area contributed by atoms with Crippen molar-refractivity contribution in [3.63, 3.8) is 0 Å². The van der Waals surface area contributed by atoms with E-state index in [2.05, 4.69) is 193 Å². The van der Waals surface area contributed by atoms with Crippen molar-refractivity contribution in [2.24, 2.45) is 5.92 Å². The molecule has 7 aliphatic rings. The first kappa shape index (κ1) is 92.1. The van der Waals surface area contributed by atoms with E-state index in [1.165, 1.54) is 42.8 Å². The van der Waals surface area contributed by atoms with Crippen molar-refractivity contribution in [3.8, 4) is 45.0 Å². The molecule has 34 heteroatoms. The molecule has 7 aliphatic heterocycles. The maximum atomic E-state index is 6.21. The van der Waals surface area contributed by atoms with Gasteiger partial charge in [-0.15, -0.1) is 0 Å². The van der Waals surface area contributed by atoms with Gasteiger partial charge in [0.15, 0.2) is 0 Å². The second kappa shape index (κ2) is 42.4. The van der Waals surface area contributed by atoms with Crippen LogP contribution in [0, 0.1) is 33.6 Å². The molecule has 130 heavy (non-hydrogen) atoms. The smallest absolute Gasteiger partial charge is 0.227 e. The van der Waals surface area contributed by atoms with Gasteiger partial charge in [-0.05, 0) is 227 Å². The van der Waals surface area contributed by atoms with Crippen LogP contribution in [0.3, 0.4) is 0 Å². The summed E-state index contributed by atoms with van der Waals surface area (Å²) < 4.78 is 5.44. The molecule has 27 nitrogen and oxygen atoms in total. The first-order valence-corrected chi connectivity index (χ1v) is 46.5. The van der Waals surface area contributed by atoms with Crippen molar-refractivity contribution in [1.29, 1.82) is 0 Å². The molecular formula is C96H105Cl3N26OS4. The number of thiocarbonyl (C=S) groups is 4. The predicted molar refractivity (Wildman–Crippen MR) is 545 cm³/mol. The third-order valence-electron chi connectivity index (χ3n) is 23.7. The molecule has 0 unspecified atom stereocenters. The van der Waals surface area contributed by atoms with Crippen molar-refractivity contribution in [1.82, 2.24) is 79.4 Å². The highest BCUT2D eigenvalue weighted by molar-refractivity contribution is 7.81. The fourth-order valence-corrected chi connectivity index (χ4v) is 18.0. The minimum Gasteiger partial charge on any atom is -0.379 e. The van der Waals surface area contributed by atoms with Gasteiger partial charge in [-0.3, -0.25) is 14.9 Å². The molecule has 8 aromatic heterocycles. The van der Waals surface area contributed by atoms with Crippen molar-refractivity contribution >= 4 is 185 Å². The van der Waals surface area contributed by atoms with Crippen LogP contribution in [0.4, 0.5) is 80.9 Å². The molecule has 0 saturated carbocycles. The van der Waals surface area contributed by atoms with Gasteiger partial charge in [0.2, 0.25) is 23.8 Å². The van der Waals surface area contributed by atoms with Gasteiger partial charge >= 0.3 is 0 Å². The molecule has 0 amide bonds. The number of ether oxygens (including phenoxy) is 1. The number of aromatic nitrogens is 12. The Morgan fingerprint density at radius 3 is 1.42 bits per heavy atom. The van der Waals surface area contributed by atoms with Gasteiger partial charge in [-0.2, -0.15) is 0 Å². The largest absolute Gasteiger partial charge is 0.379 e. The molecule has 12 aromatic rings. The van der Waals surface area contributed by atoms with Crippen LogP contribution in [0.15, 0.2) is 153 Å². The second-order valence-electron chi connectivity index (χ2n) is 34.0. The average Bonchev–Trinajstić information content (AvgIpc) is 1.63. The number of nitrogens with zero attached hydrogens (tertiary/aromatic N) is 18. The van der Waals surface area contributed by atoms with Gasteiger partial charge in [0.25, 0.3) is 0 Å². The molecule has 0 aliphatic carbocycles. The molecule has 4 aromatic carbocycles. The number of likely N-dealkylation sites (tertiary alicyclic amines) is 1. The Bertz CT molecular complexity index is 6190. The van der Waals surface area contributed by atoms with Crippen LogP contribution in [0.2, 0.25) is 15.1 Å². The van der Waals surface area contributed by atoms with Gasteiger partial charge in [0, 0.05) is 204 Å². The fraction of sp³-hybridized carbons (Fsp3) is 0.333. The van der Waals surface area contributed by atoms with Gasteiger partial charge < -0.3 is 71.8 Å². The number of anilines is 14. The molecular weight excluding hydrogens is 1770 g/mol. The summed E-state index contributed by atoms with van der Waals surface area (Å²) in [6.07, 6.45) is 21.0. The fourth-order valence-electron chi connectivity index (χ4n) is 16.4. The number of piperidine rings is 1. The lowest BCUT2D eigenvalue weighted by molar-refractivity contribution is 0.0384. The number of aryl methyl sites for hydroxylation is 4. The van der Waals surface area contributed by atoms with E-state index in [0.717, 1.165) is 254 Å². The molecule has 0 atom stereocenters. The lowest BCUT2D eigenvalue weighted by Gasteiger charge is -2.33. The molecule has 8 N–H and O–H groups in total. The molecule has 15 heterocycles. The first-order valence-electron chi connectivity index (χ1n) is 43.7. The highest BCUT2D eigenvalue weighted by atomic mass is 35.5. The third-order valence-corrected chi connectivity index (χ3v) is 25.4. The molecule has 670 valence electrons. The highest BCUT2D eigenvalue weighted by Gasteiger charge is 2.28. The number of likely N-dealkylation sites (N-methyl/N-ethyl adjacent to an activating group) is 1. The van der Waals surface area contributed by atoms with Gasteiger partial charge in [-0.1, -0.05) is 95.8 Å². The quantitative estimate of drug-likeness (QED) is 0.0349. The van der Waals surface area contributed by atoms with E-state index < -0.39 is 0 Å². The van der Waals surface area contributed by atoms with Crippen molar-refractivity contribution < 1.29 is 4.74 Å². The number of benzene rings is 4. The van der Waals surface area contributed by atoms with E-state index in [4.69, 9.17) is 118 Å². The van der Waals surface area contributed by atoms with Crippen LogP contribution in [0.1, 0.15) is 75.3 Å². The zero-order valence-corrected chi connectivity index (χ0v) is 79.8. The van der Waals surface area contributed by atoms with Gasteiger partial charge in [-0.25, -0.2) is 49.8 Å². The SMILES string of the molecule is CN(C)CCCN(C)c1ccc(Nc2ncc3c(n2)-c2ccc(Cl)cc2NC(=S)C3)cn1.Cc1ccc2c(c1)NC(=S)Cc1cnc(Nc3cnc(CC4CCN(C)CC4)cc3C)nc1-2.Cc1nc(N2CCN(C)CC2)ccc1Nc1ncc2c(n1)-c1ccc(Cl)cc1NC(=S)C2.Cc1ncc(CCN2CCOCC2)cc1Nc1ncc2c(n1)-c1ccc(Cl)cc1NC(=S)C2. The van der Waals surface area contributed by atoms with Crippen LogP contribution < -0.4 is 52.3 Å². The van der Waals surface area contributed by atoms with Crippen LogP contribution in [0.25, 0.3) is 45.0 Å². The Morgan fingerprint density at radius 1 is 0.446 bits per heavy atom. The number of piperazine rings is 1. The molecule has 0 bridgehead atoms. The number of nitrogens with one attached hydrogen (secondary N) is 8. The molecule has 3 fully saturated rings. The zero-order valence-electron chi connectivity index (χ0n) is 74.3. The summed E-state index contributed by atoms with van der Waals surface area (Å²) >= 11 is 40.5. The Morgan fingerprint density at radius 2 is 0.931 bits per heavy atom. The van der Waals surface area contributed by atoms with Gasteiger partial charge in [0.1, 0.15) is 11.6 Å². The number of morpholine rings is 1. The lowest BCUT2D eigenvalue weighted by Crippen LogP contribution is -2.44. The average molecular weight is 1870 g/mol. The predicted octanol–water partition coefficient (Wildman–Crippen LogP) is 18.4. The van der Waals surface area contributed by atoms with Gasteiger partial charge in [0.05, 0.1) is 102 Å². The normalized spacial score (nSPS) is 15.3. The number of halogens is 3. The van der Waals surface area contributed by atoms with Crippen molar-refractivity contribution in [2.45, 2.75) is 85.5 Å². The first-order chi connectivity index (χ1) is 62.8. The van der Waals surface area contributed by atoms with E-state index in [-0.39, 0.29) is 0 Å². The number of hydrogen-bond donors (Lipinski definition) is 8. The summed E-state index contributed by atoms with van der Waals surface area (Å²) in [6.45, 7) is 21.2. The van der Waals surface area contributed by atoms with E-state index in [1.807, 2.05) is 118 Å². The Balaban J connectivity index is 0.000000127. The summed E-state index contributed by atoms with van der Waals surface area (Å²) in [4.78, 5) is 73.0. The summed E-state index contributed by atoms with van der Waals surface area (Å²) in [6, 6.07) is 35.8. The van der Waals surface area contributed by atoms with Crippen molar-refractivity contribution in [3.05, 3.63) is 224 Å². The number of fused-ring (bicyclic) bond motifs is 12. The Kier molecular flexibility index (Phi) is 30.0. The lowest BCUT2D eigenvalue weighted by atomic mass is 9.92. The maximum Gasteiger partial charge on any atom is 0.227 e. The minimum absolute atomic E-state index is 0.506. The van der Waals surface area contributed by atoms with Crippen molar-refractivity contribution in [2.75, 3.05) is 173 Å². The minimum atomic E-state index is 0.506. The topological polar surface area (TPSA) is 280 Å². The molecule has 3 saturated heterocycles. The van der Waals surface area contributed by atoms with Crippen LogP contribution in [-0.2, 0) is 43.3 Å². The van der Waals surface area contributed by atoms with E-state index in [0.29, 0.717) is 69.5 Å². The number of hydrogen-bond acceptors (Lipinski definition) is 27. The van der Waals surface area contributed by atoms with E-state index in [1.54, 1.807) is 6.20 Å². The molecule has 0 radical (unpaired) electrons. The molecule has 19 rings (SSSR count). The Labute approximate surface area is 795 Å². The second-order valence-corrected chi connectivity index (χ2v) is 37.3. The maximum absolute atomic E-state index is 6.21. The number of rotatable bonds is 19. The summed E-state index contributed by atoms with van der Waals surface area (Å²) in [5, 5.41) is 28.5. The molecule has 0 spiro atoms. The zero-order chi connectivity index (χ0) is 90.6. The monoisotopic (exact) mass is 1870 g/mol. The standard InChI is InChI=1S/C26H30N6S.C24H25ClN6OS.C23H24ClN7S.C23H26ClN7S/c1-16-4-5-21-22(10-16)29-24(33)13-19-14-28-26(31-25(19)21)30-23-15-27-20(11-17(23)2)12-18-6-8-32(3)9-7-18;1-15-20(10-16(13-26-15)4-5-31-6-8-32-9-7-31)29-24-27-14-17-11-22(33)28-21-12-18(25)2-3-19(21)23(17)30-24;1-14-18(5-6-20(26-14)31-9-7-30(2)8-10-31)28-23-25-13-15-11-21(32)27-19-12-16(24)3-4-17(19)22(15)29-23;1-30(2)9-4-10-31(3)20-8-6-17(14-25-20)27-23-26-13-15-11-21(32)28-19-12-16(24)5-7-18(19)22(15)29-23/h4-5,10-11,14-15,18H,6-9,12-13H2,1-3H3,(H,29,33)(H,28,30,31);2-3,10,12-14H,4-9,11H2,1H3,(H,28,33)(H,27,29,30);3-6,12-13H,7-11H2,1-2H3,(H,27,32)(H,25,28,29);5-8,12-14H,4,9-11H2,1-3H3,(H,28,32)(H,26,27,29). The van der Waals surface area contributed by atoms with E-state index in [9.17, 15) is 0 Å². The summed E-state index contributed by atoms with van der Waals surface area (Å²) in [7, 11) is 10.6.